The molecule has 0 heterocycles. The molecule has 0 aliphatic rings. The summed E-state index contributed by atoms with van der Waals surface area (Å²) in [7, 11) is 0. The molecular formula is C8H7Cl3OZn. The molecular weight excluding hydrogens is 284 g/mol. The van der Waals surface area contributed by atoms with Crippen LogP contribution in [0.3, 0.4) is 0 Å². The molecule has 1 aromatic carbocycles. The predicted molar refractivity (Wildman–Crippen MR) is 41.0 cm³/mol. The molecule has 13 heavy (non-hydrogen) atoms. The molecule has 0 bridgehead atoms. The Bertz CT molecular complexity index is 228. The third kappa shape index (κ3) is 8.71. The van der Waals surface area contributed by atoms with Gasteiger partial charge in [0.2, 0.25) is 5.24 Å². The van der Waals surface area contributed by atoms with Crippen LogP contribution in [0.4, 0.5) is 0 Å². The van der Waals surface area contributed by atoms with Gasteiger partial charge < -0.3 is 24.8 Å². The Hall–Kier alpha value is 0.383. The monoisotopic (exact) mass is 288 g/mol. The summed E-state index contributed by atoms with van der Waals surface area (Å²) in [5, 5.41) is -0.314. The van der Waals surface area contributed by atoms with E-state index in [4.69, 9.17) is 11.6 Å². The van der Waals surface area contributed by atoms with E-state index in [0.717, 1.165) is 5.56 Å². The van der Waals surface area contributed by atoms with Crippen LogP contribution in [0.2, 0.25) is 0 Å². The third-order valence-corrected chi connectivity index (χ3v) is 1.32. The first kappa shape index (κ1) is 19.0. The smallest absolute Gasteiger partial charge is 1.00 e. The second kappa shape index (κ2) is 10.5. The molecule has 0 atom stereocenters. The summed E-state index contributed by atoms with van der Waals surface area (Å²) in [6.45, 7) is 0. The largest absolute Gasteiger partial charge is 2.00 e. The van der Waals surface area contributed by atoms with Crippen molar-refractivity contribution < 1.29 is 49.1 Å². The van der Waals surface area contributed by atoms with E-state index >= 15 is 0 Å². The van der Waals surface area contributed by atoms with Crippen LogP contribution in [0.5, 0.6) is 0 Å². The predicted octanol–water partition coefficient (Wildman–Crippen LogP) is -4.00. The molecule has 0 saturated carbocycles. The first-order valence-corrected chi connectivity index (χ1v) is 3.39. The maximum absolute atomic E-state index is 10.4. The molecule has 0 aliphatic carbocycles. The van der Waals surface area contributed by atoms with Crippen LogP contribution in [0.1, 0.15) is 5.56 Å². The van der Waals surface area contributed by atoms with Gasteiger partial charge in [0.25, 0.3) is 0 Å². The van der Waals surface area contributed by atoms with Gasteiger partial charge in [0.1, 0.15) is 0 Å². The van der Waals surface area contributed by atoms with Crippen molar-refractivity contribution in [3.05, 3.63) is 35.9 Å². The van der Waals surface area contributed by atoms with E-state index in [1.807, 2.05) is 30.3 Å². The van der Waals surface area contributed by atoms with Gasteiger partial charge in [-0.3, -0.25) is 4.79 Å². The van der Waals surface area contributed by atoms with Crippen LogP contribution in [0.25, 0.3) is 0 Å². The Labute approximate surface area is 108 Å². The van der Waals surface area contributed by atoms with Crippen LogP contribution < -0.4 is 24.8 Å². The minimum atomic E-state index is -0.314. The van der Waals surface area contributed by atoms with Gasteiger partial charge in [-0.25, -0.2) is 0 Å². The van der Waals surface area contributed by atoms with Crippen molar-refractivity contribution in [1.29, 1.82) is 0 Å². The molecule has 1 rings (SSSR count). The Kier molecular flexibility index (Phi) is 15.3. The topological polar surface area (TPSA) is 17.1 Å². The van der Waals surface area contributed by atoms with Crippen LogP contribution >= 0.6 is 11.6 Å². The molecule has 1 nitrogen and oxygen atoms in total. The minimum absolute atomic E-state index is 0. The maximum Gasteiger partial charge on any atom is 2.00 e. The minimum Gasteiger partial charge on any atom is -1.00 e. The van der Waals surface area contributed by atoms with Crippen LogP contribution in [0.15, 0.2) is 30.3 Å². The van der Waals surface area contributed by atoms with Crippen molar-refractivity contribution in [3.63, 3.8) is 0 Å². The normalized spacial score (nSPS) is 7.15. The summed E-state index contributed by atoms with van der Waals surface area (Å²) >= 11 is 5.17. The van der Waals surface area contributed by atoms with E-state index in [2.05, 4.69) is 0 Å². The van der Waals surface area contributed by atoms with Gasteiger partial charge in [0.05, 0.1) is 0 Å². The molecule has 0 radical (unpaired) electrons. The zero-order chi connectivity index (χ0) is 7.40. The van der Waals surface area contributed by atoms with Crippen molar-refractivity contribution >= 4 is 16.8 Å². The summed E-state index contributed by atoms with van der Waals surface area (Å²) in [6.07, 6.45) is 0.322. The standard InChI is InChI=1S/C8H7ClO.2ClH.Zn/c9-8(10)6-7-4-2-1-3-5-7;;;/h1-5H,6H2;2*1H;/q;;;+2/p-2. The summed E-state index contributed by atoms with van der Waals surface area (Å²) < 4.78 is 0. The Morgan fingerprint density at radius 3 is 2.00 bits per heavy atom. The van der Waals surface area contributed by atoms with Gasteiger partial charge in [-0.2, -0.15) is 0 Å². The molecule has 0 aromatic heterocycles. The van der Waals surface area contributed by atoms with E-state index in [0.29, 0.717) is 6.42 Å². The summed E-state index contributed by atoms with van der Waals surface area (Å²) in [5.74, 6) is 0. The van der Waals surface area contributed by atoms with Crippen molar-refractivity contribution in [1.82, 2.24) is 0 Å². The average Bonchev–Trinajstić information content (AvgIpc) is 1.88. The van der Waals surface area contributed by atoms with E-state index in [9.17, 15) is 4.79 Å². The Balaban J connectivity index is -0.000000333. The number of rotatable bonds is 2. The van der Waals surface area contributed by atoms with E-state index in [1.54, 1.807) is 0 Å². The second-order valence-corrected chi connectivity index (χ2v) is 2.44. The molecule has 5 heteroatoms. The summed E-state index contributed by atoms with van der Waals surface area (Å²) in [4.78, 5) is 10.4. The summed E-state index contributed by atoms with van der Waals surface area (Å²) in [5.41, 5.74) is 0.961. The van der Waals surface area contributed by atoms with Gasteiger partial charge in [-0.15, -0.1) is 0 Å². The fourth-order valence-corrected chi connectivity index (χ4v) is 0.911. The molecule has 0 amide bonds. The van der Waals surface area contributed by atoms with Crippen molar-refractivity contribution in [3.8, 4) is 0 Å². The number of hydrogen-bond donors (Lipinski definition) is 0. The Morgan fingerprint density at radius 2 is 1.62 bits per heavy atom. The van der Waals surface area contributed by atoms with Crippen molar-refractivity contribution in [2.45, 2.75) is 6.42 Å². The molecule has 1 aromatic rings. The SMILES string of the molecule is O=C(Cl)Cc1ccccc1.[Cl-].[Cl-].[Zn+2]. The third-order valence-electron chi connectivity index (χ3n) is 1.19. The first-order chi connectivity index (χ1) is 4.79. The molecule has 68 valence electrons. The van der Waals surface area contributed by atoms with E-state index < -0.39 is 0 Å². The van der Waals surface area contributed by atoms with Gasteiger partial charge in [-0.1, -0.05) is 30.3 Å². The first-order valence-electron chi connectivity index (χ1n) is 3.01. The molecule has 0 aliphatic heterocycles. The van der Waals surface area contributed by atoms with Gasteiger partial charge in [-0.05, 0) is 17.2 Å². The van der Waals surface area contributed by atoms with Crippen molar-refractivity contribution in [2.24, 2.45) is 0 Å². The van der Waals surface area contributed by atoms with Gasteiger partial charge in [0.15, 0.2) is 0 Å². The van der Waals surface area contributed by atoms with Gasteiger partial charge in [0, 0.05) is 6.42 Å². The number of benzene rings is 1. The van der Waals surface area contributed by atoms with Crippen LogP contribution in [0, 0.1) is 0 Å². The summed E-state index contributed by atoms with van der Waals surface area (Å²) in [6, 6.07) is 9.42. The van der Waals surface area contributed by atoms with Gasteiger partial charge >= 0.3 is 19.5 Å². The van der Waals surface area contributed by atoms with Crippen LogP contribution in [-0.4, -0.2) is 5.24 Å². The van der Waals surface area contributed by atoms with Crippen molar-refractivity contribution in [2.75, 3.05) is 0 Å². The number of carbonyl (C=O) groups is 1. The fourth-order valence-electron chi connectivity index (χ4n) is 0.756. The average molecular weight is 291 g/mol. The zero-order valence-corrected chi connectivity index (χ0v) is 12.1. The van der Waals surface area contributed by atoms with E-state index in [1.165, 1.54) is 0 Å². The second-order valence-electron chi connectivity index (χ2n) is 2.02. The molecule has 0 unspecified atom stereocenters. The number of hydrogen-bond acceptors (Lipinski definition) is 1. The zero-order valence-electron chi connectivity index (χ0n) is 6.84. The quantitative estimate of drug-likeness (QED) is 0.401. The van der Waals surface area contributed by atoms with Crippen LogP contribution in [-0.2, 0) is 30.7 Å². The molecule has 0 fully saturated rings. The molecule has 0 N–H and O–H groups in total. The fraction of sp³-hybridized carbons (Fsp3) is 0.125. The number of halogens is 3. The number of carbonyl (C=O) groups excluding carboxylic acids is 1. The maximum atomic E-state index is 10.4. The molecule has 0 saturated heterocycles. The van der Waals surface area contributed by atoms with E-state index in [-0.39, 0.29) is 49.5 Å². The molecule has 0 spiro atoms. The Morgan fingerprint density at radius 1 is 1.15 bits per heavy atom.